The molecule has 0 aliphatic heterocycles. The number of carboxylic acids is 1. The van der Waals surface area contributed by atoms with Crippen LogP contribution in [0.3, 0.4) is 0 Å². The van der Waals surface area contributed by atoms with Gasteiger partial charge in [-0.05, 0) is 25.1 Å². The Morgan fingerprint density at radius 3 is 2.76 bits per heavy atom. The van der Waals surface area contributed by atoms with Crippen LogP contribution in [-0.2, 0) is 4.79 Å². The fourth-order valence-electron chi connectivity index (χ4n) is 1.07. The van der Waals surface area contributed by atoms with Crippen molar-refractivity contribution in [3.63, 3.8) is 0 Å². The molecule has 0 saturated carbocycles. The summed E-state index contributed by atoms with van der Waals surface area (Å²) < 4.78 is 0. The van der Waals surface area contributed by atoms with Crippen LogP contribution < -0.4 is 5.32 Å². The highest BCUT2D eigenvalue weighted by molar-refractivity contribution is 6.32. The van der Waals surface area contributed by atoms with Crippen LogP contribution in [0.4, 0.5) is 5.69 Å². The van der Waals surface area contributed by atoms with E-state index in [0.29, 0.717) is 11.3 Å². The number of carbonyl (C=O) groups is 1. The van der Waals surface area contributed by atoms with Crippen molar-refractivity contribution < 1.29 is 15.0 Å². The number of aliphatic carboxylic acids is 1. The summed E-state index contributed by atoms with van der Waals surface area (Å²) in [5.74, 6) is -1.32. The van der Waals surface area contributed by atoms with Crippen LogP contribution in [0.25, 0.3) is 0 Å². The van der Waals surface area contributed by atoms with Gasteiger partial charge in [0.25, 0.3) is 0 Å². The summed E-state index contributed by atoms with van der Waals surface area (Å²) in [6.45, 7) is 1.03. The molecule has 3 N–H and O–H groups in total. The first-order valence-corrected chi connectivity index (χ1v) is 5.14. The number of carboxylic acid groups (broad SMARTS) is 1. The number of nitrogens with zero attached hydrogens (tertiary/aromatic N) is 1. The lowest BCUT2D eigenvalue weighted by Gasteiger charge is -2.19. The summed E-state index contributed by atoms with van der Waals surface area (Å²) in [5.41, 5.74) is -0.988. The first-order valence-electron chi connectivity index (χ1n) is 4.76. The topological polar surface area (TPSA) is 93.4 Å². The molecule has 1 atom stereocenters. The van der Waals surface area contributed by atoms with Gasteiger partial charge in [-0.2, -0.15) is 5.26 Å². The van der Waals surface area contributed by atoms with Crippen molar-refractivity contribution >= 4 is 23.3 Å². The van der Waals surface area contributed by atoms with Crippen molar-refractivity contribution in [2.75, 3.05) is 11.9 Å². The average molecular weight is 255 g/mol. The highest BCUT2D eigenvalue weighted by Gasteiger charge is 2.29. The monoisotopic (exact) mass is 254 g/mol. The van der Waals surface area contributed by atoms with Crippen LogP contribution in [0.1, 0.15) is 12.5 Å². The third kappa shape index (κ3) is 3.34. The molecule has 0 heterocycles. The van der Waals surface area contributed by atoms with Gasteiger partial charge in [0.05, 0.1) is 17.1 Å². The zero-order valence-electron chi connectivity index (χ0n) is 9.07. The van der Waals surface area contributed by atoms with Gasteiger partial charge in [-0.15, -0.1) is 0 Å². The van der Waals surface area contributed by atoms with Gasteiger partial charge in [-0.25, -0.2) is 4.79 Å². The van der Waals surface area contributed by atoms with E-state index in [2.05, 4.69) is 5.32 Å². The Morgan fingerprint density at radius 1 is 1.65 bits per heavy atom. The Morgan fingerprint density at radius 2 is 2.29 bits per heavy atom. The number of halogens is 1. The average Bonchev–Trinajstić information content (AvgIpc) is 2.26. The Kier molecular flexibility index (Phi) is 3.94. The largest absolute Gasteiger partial charge is 0.479 e. The van der Waals surface area contributed by atoms with Gasteiger partial charge in [-0.1, -0.05) is 11.6 Å². The lowest BCUT2D eigenvalue weighted by Crippen LogP contribution is -2.41. The quantitative estimate of drug-likeness (QED) is 0.756. The molecule has 1 aromatic rings. The van der Waals surface area contributed by atoms with Crippen LogP contribution in [0, 0.1) is 11.3 Å². The summed E-state index contributed by atoms with van der Waals surface area (Å²) >= 11 is 5.80. The van der Waals surface area contributed by atoms with E-state index in [1.807, 2.05) is 6.07 Å². The number of aliphatic hydroxyl groups is 1. The first kappa shape index (κ1) is 13.3. The molecule has 1 unspecified atom stereocenters. The molecule has 0 radical (unpaired) electrons. The summed E-state index contributed by atoms with van der Waals surface area (Å²) in [6.07, 6.45) is 0. The Labute approximate surface area is 103 Å². The molecular formula is C11H11ClN2O3. The van der Waals surface area contributed by atoms with E-state index < -0.39 is 11.6 Å². The number of anilines is 1. The maximum atomic E-state index is 10.7. The highest BCUT2D eigenvalue weighted by atomic mass is 35.5. The zero-order chi connectivity index (χ0) is 13.1. The van der Waals surface area contributed by atoms with Crippen LogP contribution >= 0.6 is 11.6 Å². The molecule has 0 fully saturated rings. The van der Waals surface area contributed by atoms with Crippen LogP contribution in [0.2, 0.25) is 5.02 Å². The minimum absolute atomic E-state index is 0.162. The number of rotatable bonds is 4. The van der Waals surface area contributed by atoms with Gasteiger partial charge >= 0.3 is 5.97 Å². The van der Waals surface area contributed by atoms with Gasteiger partial charge in [0.2, 0.25) is 0 Å². The Bertz CT molecular complexity index is 480. The summed E-state index contributed by atoms with van der Waals surface area (Å²) in [6, 6.07) is 6.51. The van der Waals surface area contributed by atoms with Gasteiger partial charge in [0.1, 0.15) is 6.07 Å². The summed E-state index contributed by atoms with van der Waals surface area (Å²) in [7, 11) is 0. The van der Waals surface area contributed by atoms with E-state index >= 15 is 0 Å². The highest BCUT2D eigenvalue weighted by Crippen LogP contribution is 2.20. The van der Waals surface area contributed by atoms with Crippen molar-refractivity contribution in [2.24, 2.45) is 0 Å². The maximum Gasteiger partial charge on any atom is 0.337 e. The van der Waals surface area contributed by atoms with E-state index in [9.17, 15) is 9.90 Å². The maximum absolute atomic E-state index is 10.7. The molecule has 0 amide bonds. The van der Waals surface area contributed by atoms with Gasteiger partial charge in [0.15, 0.2) is 5.60 Å². The van der Waals surface area contributed by atoms with Gasteiger partial charge < -0.3 is 15.5 Å². The molecule has 1 aromatic carbocycles. The lowest BCUT2D eigenvalue weighted by molar-refractivity contribution is -0.155. The van der Waals surface area contributed by atoms with Gasteiger partial charge in [-0.3, -0.25) is 0 Å². The van der Waals surface area contributed by atoms with Crippen molar-refractivity contribution in [1.82, 2.24) is 0 Å². The SMILES string of the molecule is CC(O)(CNc1ccc(C#N)c(Cl)c1)C(=O)O. The third-order valence-corrected chi connectivity index (χ3v) is 2.50. The van der Waals surface area contributed by atoms with Crippen LogP contribution in [0.15, 0.2) is 18.2 Å². The number of hydrogen-bond acceptors (Lipinski definition) is 4. The smallest absolute Gasteiger partial charge is 0.337 e. The van der Waals surface area contributed by atoms with Crippen molar-refractivity contribution in [1.29, 1.82) is 5.26 Å². The third-order valence-electron chi connectivity index (χ3n) is 2.19. The molecule has 6 heteroatoms. The van der Waals surface area contributed by atoms with Crippen molar-refractivity contribution in [2.45, 2.75) is 12.5 Å². The molecule has 0 saturated heterocycles. The second-order valence-corrected chi connectivity index (χ2v) is 4.15. The van der Waals surface area contributed by atoms with E-state index in [1.165, 1.54) is 19.1 Å². The normalized spacial score (nSPS) is 13.5. The number of hydrogen-bond donors (Lipinski definition) is 3. The fourth-order valence-corrected chi connectivity index (χ4v) is 1.29. The number of benzene rings is 1. The molecule has 0 aliphatic rings. The molecule has 0 aromatic heterocycles. The predicted octanol–water partition coefficient (Wildman–Crippen LogP) is 1.46. The second kappa shape index (κ2) is 5.04. The number of nitriles is 1. The van der Waals surface area contributed by atoms with Crippen LogP contribution in [0.5, 0.6) is 0 Å². The summed E-state index contributed by atoms with van der Waals surface area (Å²) in [5, 5.41) is 29.8. The molecule has 17 heavy (non-hydrogen) atoms. The molecule has 0 bridgehead atoms. The first-order chi connectivity index (χ1) is 7.86. The van der Waals surface area contributed by atoms with E-state index in [-0.39, 0.29) is 11.6 Å². The summed E-state index contributed by atoms with van der Waals surface area (Å²) in [4.78, 5) is 10.7. The van der Waals surface area contributed by atoms with Gasteiger partial charge in [0, 0.05) is 5.69 Å². The number of nitrogens with one attached hydrogen (secondary N) is 1. The van der Waals surface area contributed by atoms with E-state index in [0.717, 1.165) is 0 Å². The molecule has 1 rings (SSSR count). The fraction of sp³-hybridized carbons (Fsp3) is 0.273. The zero-order valence-corrected chi connectivity index (χ0v) is 9.82. The molecular weight excluding hydrogens is 244 g/mol. The van der Waals surface area contributed by atoms with Crippen molar-refractivity contribution in [3.05, 3.63) is 28.8 Å². The molecule has 0 aliphatic carbocycles. The standard InChI is InChI=1S/C11H11ClN2O3/c1-11(17,10(15)16)6-14-8-3-2-7(5-13)9(12)4-8/h2-4,14,17H,6H2,1H3,(H,15,16). The predicted molar refractivity (Wildman–Crippen MR) is 62.9 cm³/mol. The van der Waals surface area contributed by atoms with Crippen molar-refractivity contribution in [3.8, 4) is 6.07 Å². The lowest BCUT2D eigenvalue weighted by atomic mass is 10.1. The Hall–Kier alpha value is -1.77. The minimum Gasteiger partial charge on any atom is -0.479 e. The van der Waals surface area contributed by atoms with E-state index in [4.69, 9.17) is 22.0 Å². The Balaban J connectivity index is 2.75. The van der Waals surface area contributed by atoms with Crippen LogP contribution in [-0.4, -0.2) is 28.3 Å². The second-order valence-electron chi connectivity index (χ2n) is 3.74. The van der Waals surface area contributed by atoms with E-state index in [1.54, 1.807) is 6.07 Å². The molecule has 5 nitrogen and oxygen atoms in total. The molecule has 90 valence electrons. The minimum atomic E-state index is -1.86. The molecule has 0 spiro atoms.